The number of aliphatic imine (C=N–C) groups is 2. The van der Waals surface area contributed by atoms with Gasteiger partial charge >= 0.3 is 12.4 Å². The van der Waals surface area contributed by atoms with E-state index in [0.29, 0.717) is 22.5 Å². The monoisotopic (exact) mass is 477 g/mol. The van der Waals surface area contributed by atoms with E-state index >= 15 is 0 Å². The van der Waals surface area contributed by atoms with Crippen molar-refractivity contribution in [3.8, 4) is 22.5 Å². The number of benzene rings is 2. The lowest BCUT2D eigenvalue weighted by molar-refractivity contribution is -0.0652. The highest BCUT2D eigenvalue weighted by Gasteiger charge is 2.45. The van der Waals surface area contributed by atoms with Crippen LogP contribution in [0.25, 0.3) is 22.5 Å². The second-order valence-corrected chi connectivity index (χ2v) is 6.88. The molecule has 2 heterocycles. The fourth-order valence-corrected chi connectivity index (χ4v) is 2.94. The molecule has 7 nitrogen and oxygen atoms in total. The van der Waals surface area contributed by atoms with Crippen molar-refractivity contribution in [2.75, 3.05) is 5.43 Å². The van der Waals surface area contributed by atoms with Gasteiger partial charge in [0.2, 0.25) is 0 Å². The van der Waals surface area contributed by atoms with Crippen molar-refractivity contribution in [1.82, 2.24) is 15.2 Å². The number of hydrazone groups is 1. The van der Waals surface area contributed by atoms with Gasteiger partial charge in [-0.15, -0.1) is 15.3 Å². The van der Waals surface area contributed by atoms with Gasteiger partial charge in [0.25, 0.3) is 11.9 Å². The van der Waals surface area contributed by atoms with Crippen molar-refractivity contribution < 1.29 is 26.3 Å². The summed E-state index contributed by atoms with van der Waals surface area (Å²) in [5.74, 6) is -1.34. The van der Waals surface area contributed by atoms with Crippen LogP contribution in [0.3, 0.4) is 0 Å². The molecule has 0 aliphatic carbocycles. The van der Waals surface area contributed by atoms with Gasteiger partial charge in [0.05, 0.1) is 0 Å². The number of halogens is 6. The third-order valence-electron chi connectivity index (χ3n) is 4.50. The Bertz CT molecular complexity index is 1230. The highest BCUT2D eigenvalue weighted by atomic mass is 19.4. The number of anilines is 1. The maximum Gasteiger partial charge on any atom is 0.430 e. The first-order chi connectivity index (χ1) is 16.1. The molecule has 1 aromatic heterocycles. The Labute approximate surface area is 188 Å². The first-order valence-corrected chi connectivity index (χ1v) is 9.60. The summed E-state index contributed by atoms with van der Waals surface area (Å²) in [5, 5.41) is 11.4. The zero-order valence-corrected chi connectivity index (χ0v) is 16.9. The van der Waals surface area contributed by atoms with Gasteiger partial charge in [-0.2, -0.15) is 26.3 Å². The Morgan fingerprint density at radius 1 is 0.676 bits per heavy atom. The quantitative estimate of drug-likeness (QED) is 0.408. The minimum atomic E-state index is -5.08. The van der Waals surface area contributed by atoms with Crippen molar-refractivity contribution in [2.45, 2.75) is 18.8 Å². The summed E-state index contributed by atoms with van der Waals surface area (Å²) in [6, 6.07) is 17.8. The van der Waals surface area contributed by atoms with Crippen LogP contribution in [0.5, 0.6) is 0 Å². The lowest BCUT2D eigenvalue weighted by Crippen LogP contribution is -2.36. The van der Waals surface area contributed by atoms with Crippen LogP contribution < -0.4 is 5.43 Å². The summed E-state index contributed by atoms with van der Waals surface area (Å²) in [6.45, 7) is 0. The highest BCUT2D eigenvalue weighted by molar-refractivity contribution is 6.19. The van der Waals surface area contributed by atoms with Crippen molar-refractivity contribution in [3.05, 3.63) is 60.7 Å². The molecule has 0 saturated heterocycles. The summed E-state index contributed by atoms with van der Waals surface area (Å²) in [6.07, 6.45) is -11.7. The van der Waals surface area contributed by atoms with E-state index in [1.807, 2.05) is 6.07 Å². The first kappa shape index (κ1) is 23.0. The molecule has 34 heavy (non-hydrogen) atoms. The van der Waals surface area contributed by atoms with Crippen molar-refractivity contribution in [3.63, 3.8) is 0 Å². The predicted octanol–water partition coefficient (Wildman–Crippen LogP) is 5.30. The van der Waals surface area contributed by atoms with E-state index in [1.54, 1.807) is 54.6 Å². The third kappa shape index (κ3) is 5.24. The van der Waals surface area contributed by atoms with E-state index in [2.05, 4.69) is 35.7 Å². The van der Waals surface area contributed by atoms with Crippen LogP contribution in [0.15, 0.2) is 75.7 Å². The van der Waals surface area contributed by atoms with Gasteiger partial charge < -0.3 is 0 Å². The van der Waals surface area contributed by atoms with Crippen LogP contribution in [0.4, 0.5) is 32.3 Å². The number of aromatic nitrogens is 3. The number of nitrogens with one attached hydrogen (secondary N) is 1. The van der Waals surface area contributed by atoms with Gasteiger partial charge in [-0.05, 0) is 0 Å². The van der Waals surface area contributed by atoms with E-state index < -0.39 is 36.2 Å². The number of rotatable bonds is 4. The molecule has 13 heteroatoms. The SMILES string of the molecule is FC(F)(F)C1=NC(=NNc2nnc(-c3ccccc3)c(-c3ccccc3)n2)N=C(C(F)(F)F)C1. The van der Waals surface area contributed by atoms with Crippen LogP contribution in [0.1, 0.15) is 6.42 Å². The van der Waals surface area contributed by atoms with E-state index in [1.165, 1.54) is 0 Å². The van der Waals surface area contributed by atoms with Gasteiger partial charge in [-0.1, -0.05) is 60.7 Å². The number of nitrogens with zero attached hydrogens (tertiary/aromatic N) is 6. The molecule has 1 N–H and O–H groups in total. The number of hydrogen-bond acceptors (Lipinski definition) is 5. The van der Waals surface area contributed by atoms with Crippen LogP contribution in [-0.2, 0) is 0 Å². The van der Waals surface area contributed by atoms with E-state index in [0.717, 1.165) is 0 Å². The molecular weight excluding hydrogens is 464 g/mol. The average molecular weight is 477 g/mol. The van der Waals surface area contributed by atoms with Crippen molar-refractivity contribution >= 4 is 23.3 Å². The molecule has 174 valence electrons. The maximum atomic E-state index is 13.0. The number of alkyl halides is 6. The molecule has 0 saturated carbocycles. The maximum absolute atomic E-state index is 13.0. The molecule has 0 atom stereocenters. The predicted molar refractivity (Wildman–Crippen MR) is 113 cm³/mol. The Morgan fingerprint density at radius 2 is 1.18 bits per heavy atom. The number of guanidine groups is 1. The Morgan fingerprint density at radius 3 is 1.68 bits per heavy atom. The Kier molecular flexibility index (Phi) is 6.09. The molecule has 0 bridgehead atoms. The fourth-order valence-electron chi connectivity index (χ4n) is 2.94. The molecule has 0 unspecified atom stereocenters. The lowest BCUT2D eigenvalue weighted by atomic mass is 10.0. The molecule has 0 amide bonds. The average Bonchev–Trinajstić information content (AvgIpc) is 2.82. The van der Waals surface area contributed by atoms with Crippen LogP contribution >= 0.6 is 0 Å². The summed E-state index contributed by atoms with van der Waals surface area (Å²) in [4.78, 5) is 10.5. The Balaban J connectivity index is 1.72. The van der Waals surface area contributed by atoms with E-state index in [4.69, 9.17) is 0 Å². The van der Waals surface area contributed by atoms with Crippen LogP contribution in [0, 0.1) is 0 Å². The summed E-state index contributed by atoms with van der Waals surface area (Å²) < 4.78 is 78.1. The largest absolute Gasteiger partial charge is 0.430 e. The normalized spacial score (nSPS) is 14.4. The molecule has 0 spiro atoms. The van der Waals surface area contributed by atoms with Crippen molar-refractivity contribution in [2.24, 2.45) is 15.1 Å². The zero-order valence-electron chi connectivity index (χ0n) is 16.9. The van der Waals surface area contributed by atoms with Crippen LogP contribution in [0.2, 0.25) is 0 Å². The topological polar surface area (TPSA) is 87.8 Å². The summed E-state index contributed by atoms with van der Waals surface area (Å²) in [5.41, 5.74) is 1.000. The lowest BCUT2D eigenvalue weighted by Gasteiger charge is -2.17. The van der Waals surface area contributed by atoms with Crippen molar-refractivity contribution in [1.29, 1.82) is 0 Å². The minimum absolute atomic E-state index is 0.274. The molecule has 1 aliphatic heterocycles. The minimum Gasteiger partial charge on any atom is -0.240 e. The molecule has 1 aliphatic rings. The van der Waals surface area contributed by atoms with Gasteiger partial charge in [0.15, 0.2) is 0 Å². The molecule has 2 aromatic carbocycles. The first-order valence-electron chi connectivity index (χ1n) is 9.60. The van der Waals surface area contributed by atoms with Gasteiger partial charge in [-0.3, -0.25) is 0 Å². The Hall–Kier alpha value is -4.16. The van der Waals surface area contributed by atoms with E-state index in [9.17, 15) is 26.3 Å². The van der Waals surface area contributed by atoms with Crippen LogP contribution in [-0.4, -0.2) is 44.9 Å². The molecule has 4 rings (SSSR count). The van der Waals surface area contributed by atoms with E-state index in [-0.39, 0.29) is 5.95 Å². The molecular formula is C21H13F6N7. The molecule has 0 fully saturated rings. The van der Waals surface area contributed by atoms with Gasteiger partial charge in [0.1, 0.15) is 22.8 Å². The zero-order chi connectivity index (χ0) is 24.3. The second-order valence-electron chi connectivity index (χ2n) is 6.88. The fraction of sp³-hybridized carbons (Fsp3) is 0.143. The summed E-state index contributed by atoms with van der Waals surface area (Å²) >= 11 is 0. The van der Waals surface area contributed by atoms with Gasteiger partial charge in [-0.25, -0.2) is 20.4 Å². The third-order valence-corrected chi connectivity index (χ3v) is 4.50. The molecule has 3 aromatic rings. The standard InChI is InChI=1S/C21H13F6N7/c22-20(23,24)14-11-15(21(25,26)27)29-18(28-14)32-34-19-30-16(12-7-3-1-4-8-12)17(31-33-19)13-9-5-2-6-10-13/h1-10H,11H2,(H,30,33,34). The molecule has 0 radical (unpaired) electrons. The second kappa shape index (κ2) is 9.00. The highest BCUT2D eigenvalue weighted by Crippen LogP contribution is 2.30. The summed E-state index contributed by atoms with van der Waals surface area (Å²) in [7, 11) is 0. The number of hydrogen-bond donors (Lipinski definition) is 1. The smallest absolute Gasteiger partial charge is 0.240 e. The van der Waals surface area contributed by atoms with Gasteiger partial charge in [0, 0.05) is 17.5 Å².